The molecule has 0 heterocycles. The van der Waals surface area contributed by atoms with E-state index in [0.717, 1.165) is 43.2 Å². The van der Waals surface area contributed by atoms with Crippen molar-refractivity contribution in [1.29, 1.82) is 0 Å². The van der Waals surface area contributed by atoms with Crippen LogP contribution in [0.5, 0.6) is 5.75 Å². The van der Waals surface area contributed by atoms with Gasteiger partial charge in [-0.2, -0.15) is 0 Å². The lowest BCUT2D eigenvalue weighted by Gasteiger charge is -2.13. The molecule has 0 aliphatic rings. The molecule has 0 amide bonds. The summed E-state index contributed by atoms with van der Waals surface area (Å²) in [6.45, 7) is 3.69. The lowest BCUT2D eigenvalue weighted by atomic mass is 10.1. The minimum Gasteiger partial charge on any atom is -0.496 e. The maximum Gasteiger partial charge on any atom is 0.191 e. The van der Waals surface area contributed by atoms with Gasteiger partial charge < -0.3 is 15.4 Å². The molecule has 4 nitrogen and oxygen atoms in total. The SMILES string of the molecule is CN=C(NCCCc1ccccc1)NCc1ccc(OC)c(C)c1. The van der Waals surface area contributed by atoms with E-state index in [1.54, 1.807) is 14.2 Å². The van der Waals surface area contributed by atoms with Crippen LogP contribution in [0.15, 0.2) is 53.5 Å². The second-order valence-electron chi connectivity index (χ2n) is 5.75. The second kappa shape index (κ2) is 9.60. The van der Waals surface area contributed by atoms with Gasteiger partial charge >= 0.3 is 0 Å². The molecule has 0 aliphatic heterocycles. The van der Waals surface area contributed by atoms with Crippen LogP contribution < -0.4 is 15.4 Å². The summed E-state index contributed by atoms with van der Waals surface area (Å²) in [5, 5.41) is 6.71. The number of hydrogen-bond donors (Lipinski definition) is 2. The summed E-state index contributed by atoms with van der Waals surface area (Å²) in [5.74, 6) is 1.75. The summed E-state index contributed by atoms with van der Waals surface area (Å²) < 4.78 is 5.29. The van der Waals surface area contributed by atoms with Crippen LogP contribution in [0, 0.1) is 6.92 Å². The number of aliphatic imine (C=N–C) groups is 1. The molecule has 0 bridgehead atoms. The van der Waals surface area contributed by atoms with Gasteiger partial charge in [0.15, 0.2) is 5.96 Å². The smallest absolute Gasteiger partial charge is 0.191 e. The van der Waals surface area contributed by atoms with Crippen molar-refractivity contribution in [1.82, 2.24) is 10.6 Å². The number of nitrogens with zero attached hydrogens (tertiary/aromatic N) is 1. The number of aryl methyl sites for hydroxylation is 2. The van der Waals surface area contributed by atoms with Crippen LogP contribution in [-0.2, 0) is 13.0 Å². The molecule has 0 fully saturated rings. The van der Waals surface area contributed by atoms with Gasteiger partial charge in [0.05, 0.1) is 7.11 Å². The first-order chi connectivity index (χ1) is 11.7. The lowest BCUT2D eigenvalue weighted by molar-refractivity contribution is 0.411. The second-order valence-corrected chi connectivity index (χ2v) is 5.75. The first kappa shape index (κ1) is 17.9. The highest BCUT2D eigenvalue weighted by Gasteiger charge is 2.02. The molecule has 0 saturated carbocycles. The number of nitrogens with one attached hydrogen (secondary N) is 2. The number of hydrogen-bond acceptors (Lipinski definition) is 2. The van der Waals surface area contributed by atoms with Crippen LogP contribution in [0.1, 0.15) is 23.1 Å². The van der Waals surface area contributed by atoms with Crippen LogP contribution in [-0.4, -0.2) is 26.7 Å². The summed E-state index contributed by atoms with van der Waals surface area (Å²) in [4.78, 5) is 4.27. The average molecular weight is 325 g/mol. The van der Waals surface area contributed by atoms with Gasteiger partial charge in [-0.3, -0.25) is 4.99 Å². The lowest BCUT2D eigenvalue weighted by Crippen LogP contribution is -2.37. The molecule has 24 heavy (non-hydrogen) atoms. The Morgan fingerprint density at radius 3 is 2.50 bits per heavy atom. The fraction of sp³-hybridized carbons (Fsp3) is 0.350. The largest absolute Gasteiger partial charge is 0.496 e. The van der Waals surface area contributed by atoms with Gasteiger partial charge in [-0.1, -0.05) is 42.5 Å². The molecule has 128 valence electrons. The monoisotopic (exact) mass is 325 g/mol. The Balaban J connectivity index is 1.73. The summed E-state index contributed by atoms with van der Waals surface area (Å²) in [5.41, 5.74) is 3.72. The number of ether oxygens (including phenoxy) is 1. The van der Waals surface area contributed by atoms with E-state index in [9.17, 15) is 0 Å². The van der Waals surface area contributed by atoms with Crippen molar-refractivity contribution in [3.05, 3.63) is 65.2 Å². The molecule has 0 radical (unpaired) electrons. The predicted molar refractivity (Wildman–Crippen MR) is 101 cm³/mol. The summed E-state index contributed by atoms with van der Waals surface area (Å²) in [6.07, 6.45) is 2.15. The van der Waals surface area contributed by atoms with Crippen LogP contribution in [0.4, 0.5) is 0 Å². The Morgan fingerprint density at radius 1 is 1.04 bits per heavy atom. The van der Waals surface area contributed by atoms with Gasteiger partial charge in [-0.25, -0.2) is 0 Å². The van der Waals surface area contributed by atoms with Gasteiger partial charge in [-0.15, -0.1) is 0 Å². The van der Waals surface area contributed by atoms with Crippen molar-refractivity contribution in [2.24, 2.45) is 4.99 Å². The van der Waals surface area contributed by atoms with Gasteiger partial charge in [0, 0.05) is 20.1 Å². The van der Waals surface area contributed by atoms with Crippen molar-refractivity contribution in [2.75, 3.05) is 20.7 Å². The zero-order valence-corrected chi connectivity index (χ0v) is 14.8. The van der Waals surface area contributed by atoms with E-state index < -0.39 is 0 Å². The highest BCUT2D eigenvalue weighted by molar-refractivity contribution is 5.79. The van der Waals surface area contributed by atoms with Gasteiger partial charge in [0.1, 0.15) is 5.75 Å². The first-order valence-corrected chi connectivity index (χ1v) is 8.35. The molecule has 0 aromatic heterocycles. The fourth-order valence-electron chi connectivity index (χ4n) is 2.60. The Bertz CT molecular complexity index is 653. The van der Waals surface area contributed by atoms with Crippen molar-refractivity contribution in [2.45, 2.75) is 26.3 Å². The first-order valence-electron chi connectivity index (χ1n) is 8.35. The van der Waals surface area contributed by atoms with E-state index in [0.29, 0.717) is 0 Å². The predicted octanol–water partition coefficient (Wildman–Crippen LogP) is 3.30. The maximum absolute atomic E-state index is 5.29. The molecule has 0 aliphatic carbocycles. The number of rotatable bonds is 7. The molecule has 2 aromatic carbocycles. The summed E-state index contributed by atoms with van der Waals surface area (Å²) in [6, 6.07) is 16.8. The minimum atomic E-state index is 0.739. The molecule has 0 spiro atoms. The third-order valence-electron chi connectivity index (χ3n) is 3.92. The molecular formula is C20H27N3O. The molecular weight excluding hydrogens is 298 g/mol. The highest BCUT2D eigenvalue weighted by Crippen LogP contribution is 2.18. The van der Waals surface area contributed by atoms with Crippen molar-refractivity contribution >= 4 is 5.96 Å². The van der Waals surface area contributed by atoms with E-state index in [1.807, 2.05) is 12.1 Å². The minimum absolute atomic E-state index is 0.739. The third-order valence-corrected chi connectivity index (χ3v) is 3.92. The van der Waals surface area contributed by atoms with Crippen molar-refractivity contribution in [3.63, 3.8) is 0 Å². The van der Waals surface area contributed by atoms with Crippen LogP contribution >= 0.6 is 0 Å². The zero-order valence-electron chi connectivity index (χ0n) is 14.8. The molecule has 0 saturated heterocycles. The molecule has 4 heteroatoms. The normalized spacial score (nSPS) is 11.2. The Morgan fingerprint density at radius 2 is 1.83 bits per heavy atom. The zero-order chi connectivity index (χ0) is 17.2. The number of benzene rings is 2. The van der Waals surface area contributed by atoms with E-state index in [1.165, 1.54) is 11.1 Å². The van der Waals surface area contributed by atoms with Gasteiger partial charge in [0.25, 0.3) is 0 Å². The molecule has 0 atom stereocenters. The molecule has 2 aromatic rings. The van der Waals surface area contributed by atoms with Crippen molar-refractivity contribution in [3.8, 4) is 5.75 Å². The molecule has 2 rings (SSSR count). The molecule has 0 unspecified atom stereocenters. The maximum atomic E-state index is 5.29. The van der Waals surface area contributed by atoms with Crippen LogP contribution in [0.25, 0.3) is 0 Å². The molecule has 2 N–H and O–H groups in total. The Hall–Kier alpha value is -2.49. The summed E-state index contributed by atoms with van der Waals surface area (Å²) >= 11 is 0. The van der Waals surface area contributed by atoms with E-state index in [2.05, 4.69) is 58.9 Å². The quantitative estimate of drug-likeness (QED) is 0.466. The van der Waals surface area contributed by atoms with Crippen molar-refractivity contribution < 1.29 is 4.74 Å². The van der Waals surface area contributed by atoms with Crippen LogP contribution in [0.2, 0.25) is 0 Å². The highest BCUT2D eigenvalue weighted by atomic mass is 16.5. The van der Waals surface area contributed by atoms with E-state index in [4.69, 9.17) is 4.74 Å². The summed E-state index contributed by atoms with van der Waals surface area (Å²) in [7, 11) is 3.49. The Labute approximate surface area is 145 Å². The standard InChI is InChI=1S/C20H27N3O/c1-16-14-18(11-12-19(16)24-3)15-23-20(21-2)22-13-7-10-17-8-5-4-6-9-17/h4-6,8-9,11-12,14H,7,10,13,15H2,1-3H3,(H2,21,22,23). The Kier molecular flexibility index (Phi) is 7.15. The van der Waals surface area contributed by atoms with Gasteiger partial charge in [-0.05, 0) is 42.5 Å². The number of methoxy groups -OCH3 is 1. The van der Waals surface area contributed by atoms with E-state index >= 15 is 0 Å². The van der Waals surface area contributed by atoms with Gasteiger partial charge in [0.2, 0.25) is 0 Å². The van der Waals surface area contributed by atoms with E-state index in [-0.39, 0.29) is 0 Å². The average Bonchev–Trinajstić information content (AvgIpc) is 2.62. The van der Waals surface area contributed by atoms with Crippen LogP contribution in [0.3, 0.4) is 0 Å². The topological polar surface area (TPSA) is 45.7 Å². The number of guanidine groups is 1. The third kappa shape index (κ3) is 5.61. The fourth-order valence-corrected chi connectivity index (χ4v) is 2.60.